The predicted molar refractivity (Wildman–Crippen MR) is 195 cm³/mol. The number of hydrogen-bond donors (Lipinski definition) is 3. The van der Waals surface area contributed by atoms with E-state index in [-0.39, 0.29) is 54.7 Å². The number of anilines is 2. The Kier molecular flexibility index (Phi) is 12.7. The first kappa shape index (κ1) is 40.2. The lowest BCUT2D eigenvalue weighted by Gasteiger charge is -2.43. The number of nitrogens with one attached hydrogen (secondary N) is 2. The normalized spacial score (nSPS) is 19.2. The summed E-state index contributed by atoms with van der Waals surface area (Å²) in [6.45, 7) is 12.4. The van der Waals surface area contributed by atoms with Gasteiger partial charge in [0.1, 0.15) is 11.6 Å². The molecule has 4 N–H and O–H groups in total. The number of amides is 4. The maximum Gasteiger partial charge on any atom is 0.410 e. The van der Waals surface area contributed by atoms with E-state index in [1.165, 1.54) is 57.7 Å². The molecule has 282 valence electrons. The highest BCUT2D eigenvalue weighted by molar-refractivity contribution is 7.89. The molecule has 2 aromatic rings. The molecule has 2 heterocycles. The molecule has 52 heavy (non-hydrogen) atoms. The highest BCUT2D eigenvalue weighted by atomic mass is 32.2. The van der Waals surface area contributed by atoms with Crippen molar-refractivity contribution in [2.45, 2.75) is 73.9 Å². The molecule has 2 fully saturated rings. The van der Waals surface area contributed by atoms with Crippen molar-refractivity contribution in [3.8, 4) is 0 Å². The fraction of sp³-hybridized carbons (Fsp3) is 0.429. The Morgan fingerprint density at radius 3 is 1.75 bits per heavy atom. The molecular formula is C35H46N6O9S2. The van der Waals surface area contributed by atoms with Crippen LogP contribution in [0.4, 0.5) is 16.2 Å². The van der Waals surface area contributed by atoms with Gasteiger partial charge in [-0.25, -0.2) is 21.6 Å². The minimum atomic E-state index is -4.20. The van der Waals surface area contributed by atoms with E-state index in [9.17, 15) is 36.0 Å². The van der Waals surface area contributed by atoms with Crippen LogP contribution in [0.3, 0.4) is 0 Å². The van der Waals surface area contributed by atoms with Crippen molar-refractivity contribution in [3.05, 3.63) is 73.8 Å². The molecule has 0 spiro atoms. The molecule has 2 atom stereocenters. The van der Waals surface area contributed by atoms with E-state index in [0.717, 1.165) is 16.5 Å². The minimum absolute atomic E-state index is 0.0717. The molecule has 4 rings (SSSR count). The van der Waals surface area contributed by atoms with Gasteiger partial charge in [0.25, 0.3) is 0 Å². The van der Waals surface area contributed by atoms with E-state index >= 15 is 0 Å². The van der Waals surface area contributed by atoms with Crippen molar-refractivity contribution in [3.63, 3.8) is 0 Å². The van der Waals surface area contributed by atoms with Gasteiger partial charge in [-0.15, -0.1) is 0 Å². The second-order valence-corrected chi connectivity index (χ2v) is 17.5. The lowest BCUT2D eigenvalue weighted by Crippen LogP contribution is -2.58. The SMILES string of the molecule is C=CC(=O)Nc1ccc(S(=O)(=O)N2CCC(CN(C(=O)OC(C)(C)C)C3CCN(S(=O)(=O)c4ccc(NC(=O)C=C)cc4)C(C(N)=O)C3)CC2)cc1. The van der Waals surface area contributed by atoms with Gasteiger partial charge in [-0.3, -0.25) is 14.4 Å². The number of carbonyl (C=O) groups excluding carboxylic acids is 4. The third-order valence-corrected chi connectivity index (χ3v) is 12.6. The van der Waals surface area contributed by atoms with Crippen molar-refractivity contribution in [1.82, 2.24) is 13.5 Å². The molecule has 15 nitrogen and oxygen atoms in total. The summed E-state index contributed by atoms with van der Waals surface area (Å²) in [5, 5.41) is 5.12. The molecule has 4 amide bonds. The molecule has 2 aliphatic rings. The fourth-order valence-electron chi connectivity index (χ4n) is 6.15. The first-order chi connectivity index (χ1) is 24.3. The Morgan fingerprint density at radius 1 is 0.827 bits per heavy atom. The second-order valence-electron chi connectivity index (χ2n) is 13.6. The van der Waals surface area contributed by atoms with Crippen LogP contribution in [0.2, 0.25) is 0 Å². The first-order valence-electron chi connectivity index (χ1n) is 16.7. The third-order valence-electron chi connectivity index (χ3n) is 8.81. The zero-order valence-corrected chi connectivity index (χ0v) is 31.1. The summed E-state index contributed by atoms with van der Waals surface area (Å²) in [5.74, 6) is -1.87. The Balaban J connectivity index is 1.48. The van der Waals surface area contributed by atoms with E-state index < -0.39 is 61.5 Å². The van der Waals surface area contributed by atoms with E-state index in [1.807, 2.05) is 0 Å². The Bertz CT molecular complexity index is 1890. The molecule has 0 aliphatic carbocycles. The number of nitrogens with zero attached hydrogens (tertiary/aromatic N) is 3. The summed E-state index contributed by atoms with van der Waals surface area (Å²) in [6, 6.07) is 9.44. The van der Waals surface area contributed by atoms with E-state index in [4.69, 9.17) is 10.5 Å². The Hall–Kier alpha value is -4.58. The minimum Gasteiger partial charge on any atom is -0.444 e. The molecule has 2 aliphatic heterocycles. The number of hydrogen-bond acceptors (Lipinski definition) is 9. The lowest BCUT2D eigenvalue weighted by molar-refractivity contribution is -0.123. The Labute approximate surface area is 304 Å². The van der Waals surface area contributed by atoms with Crippen LogP contribution in [0.25, 0.3) is 0 Å². The number of benzene rings is 2. The molecule has 0 aromatic heterocycles. The van der Waals surface area contributed by atoms with Gasteiger partial charge in [0, 0.05) is 43.6 Å². The largest absolute Gasteiger partial charge is 0.444 e. The molecule has 2 unspecified atom stereocenters. The quantitative estimate of drug-likeness (QED) is 0.271. The van der Waals surface area contributed by atoms with Crippen LogP contribution in [0.15, 0.2) is 83.6 Å². The van der Waals surface area contributed by atoms with Crippen LogP contribution in [0.1, 0.15) is 46.5 Å². The van der Waals surface area contributed by atoms with Crippen LogP contribution in [-0.4, -0.2) is 98.0 Å². The van der Waals surface area contributed by atoms with Crippen molar-refractivity contribution >= 4 is 55.2 Å². The number of primary amides is 1. The monoisotopic (exact) mass is 758 g/mol. The van der Waals surface area contributed by atoms with Crippen molar-refractivity contribution in [2.24, 2.45) is 11.7 Å². The predicted octanol–water partition coefficient (Wildman–Crippen LogP) is 3.28. The lowest BCUT2D eigenvalue weighted by atomic mass is 9.93. The van der Waals surface area contributed by atoms with Crippen molar-refractivity contribution < 1.29 is 40.8 Å². The van der Waals surface area contributed by atoms with Crippen molar-refractivity contribution in [2.75, 3.05) is 36.8 Å². The van der Waals surface area contributed by atoms with Gasteiger partial charge in [-0.05, 0) is 113 Å². The molecule has 2 aromatic carbocycles. The number of sulfonamides is 2. The first-order valence-corrected chi connectivity index (χ1v) is 19.6. The summed E-state index contributed by atoms with van der Waals surface area (Å²) in [7, 11) is -8.04. The van der Waals surface area contributed by atoms with E-state index in [1.54, 1.807) is 20.8 Å². The number of piperidine rings is 2. The zero-order chi connectivity index (χ0) is 38.4. The molecule has 17 heteroatoms. The summed E-state index contributed by atoms with van der Waals surface area (Å²) in [6.07, 6.45) is 2.54. The van der Waals surface area contributed by atoms with E-state index in [0.29, 0.717) is 24.2 Å². The van der Waals surface area contributed by atoms with Crippen LogP contribution in [0, 0.1) is 5.92 Å². The maximum atomic E-state index is 13.7. The number of ether oxygens (including phenoxy) is 1. The smallest absolute Gasteiger partial charge is 0.410 e. The fourth-order valence-corrected chi connectivity index (χ4v) is 9.24. The number of nitrogens with two attached hydrogens (primary N) is 1. The molecule has 0 bridgehead atoms. The Morgan fingerprint density at radius 2 is 1.31 bits per heavy atom. The standard InChI is InChI=1S/C35H46N6O9S2/c1-6-31(42)37-25-8-12-28(13-9-25)51(46,47)39-19-16-24(17-20-39)23-40(34(45)50-35(3,4)5)27-18-21-41(30(22-27)33(36)44)52(48,49)29-14-10-26(11-15-29)38-32(43)7-2/h6-15,24,27,30H,1-2,16-23H2,3-5H3,(H2,36,44)(H,37,42)(H,38,43). The number of rotatable bonds is 12. The topological polar surface area (TPSA) is 206 Å². The highest BCUT2D eigenvalue weighted by Crippen LogP contribution is 2.32. The zero-order valence-electron chi connectivity index (χ0n) is 29.5. The van der Waals surface area contributed by atoms with Crippen LogP contribution < -0.4 is 16.4 Å². The van der Waals surface area contributed by atoms with E-state index in [2.05, 4.69) is 23.8 Å². The summed E-state index contributed by atoms with van der Waals surface area (Å²) >= 11 is 0. The number of carbonyl (C=O) groups is 4. The molecule has 0 radical (unpaired) electrons. The average molecular weight is 759 g/mol. The molecular weight excluding hydrogens is 713 g/mol. The van der Waals surface area contributed by atoms with Gasteiger partial charge in [0.05, 0.1) is 9.79 Å². The van der Waals surface area contributed by atoms with Crippen LogP contribution in [0.5, 0.6) is 0 Å². The van der Waals surface area contributed by atoms with Gasteiger partial charge in [0.15, 0.2) is 0 Å². The van der Waals surface area contributed by atoms with Gasteiger partial charge in [0.2, 0.25) is 37.8 Å². The van der Waals surface area contributed by atoms with Crippen LogP contribution >= 0.6 is 0 Å². The van der Waals surface area contributed by atoms with Crippen LogP contribution in [-0.2, 0) is 39.2 Å². The van der Waals surface area contributed by atoms with Gasteiger partial charge in [-0.1, -0.05) is 13.2 Å². The van der Waals surface area contributed by atoms with Crippen molar-refractivity contribution in [1.29, 1.82) is 0 Å². The summed E-state index contributed by atoms with van der Waals surface area (Å²) in [5.41, 5.74) is 5.71. The summed E-state index contributed by atoms with van der Waals surface area (Å²) in [4.78, 5) is 51.1. The van der Waals surface area contributed by atoms with Gasteiger partial charge in [-0.2, -0.15) is 8.61 Å². The van der Waals surface area contributed by atoms with Gasteiger partial charge >= 0.3 is 6.09 Å². The highest BCUT2D eigenvalue weighted by Gasteiger charge is 2.44. The maximum absolute atomic E-state index is 13.7. The average Bonchev–Trinajstić information content (AvgIpc) is 3.10. The molecule has 2 saturated heterocycles. The second kappa shape index (κ2) is 16.4. The summed E-state index contributed by atoms with van der Waals surface area (Å²) < 4.78 is 62.5. The third kappa shape index (κ3) is 9.84. The van der Waals surface area contributed by atoms with Gasteiger partial charge < -0.3 is 26.0 Å². The molecule has 0 saturated carbocycles.